The molecule has 0 aliphatic carbocycles. The quantitative estimate of drug-likeness (QED) is 0.910. The highest BCUT2D eigenvalue weighted by atomic mass is 35.5. The maximum atomic E-state index is 10.5. The zero-order chi connectivity index (χ0) is 14.0. The van der Waals surface area contributed by atoms with Crippen molar-refractivity contribution in [3.05, 3.63) is 63.1 Å². The van der Waals surface area contributed by atoms with E-state index >= 15 is 0 Å². The summed E-state index contributed by atoms with van der Waals surface area (Å²) in [6.45, 7) is 1.94. The Labute approximate surface area is 122 Å². The lowest BCUT2D eigenvalue weighted by atomic mass is 9.97. The number of hydrogen-bond acceptors (Lipinski definition) is 2. The first kappa shape index (κ1) is 14.2. The van der Waals surface area contributed by atoms with Crippen molar-refractivity contribution in [3.63, 3.8) is 0 Å². The zero-order valence-electron chi connectivity index (χ0n) is 10.7. The van der Waals surface area contributed by atoms with E-state index in [1.165, 1.54) is 7.11 Å². The number of benzene rings is 2. The normalized spacial score (nSPS) is 12.3. The summed E-state index contributed by atoms with van der Waals surface area (Å²) in [5.41, 5.74) is 2.38. The maximum absolute atomic E-state index is 10.5. The molecule has 0 amide bonds. The van der Waals surface area contributed by atoms with Gasteiger partial charge in [0.1, 0.15) is 11.9 Å². The van der Waals surface area contributed by atoms with E-state index < -0.39 is 6.10 Å². The monoisotopic (exact) mass is 296 g/mol. The first-order chi connectivity index (χ1) is 9.04. The van der Waals surface area contributed by atoms with Crippen molar-refractivity contribution in [3.8, 4) is 5.75 Å². The minimum absolute atomic E-state index is 0.425. The summed E-state index contributed by atoms with van der Waals surface area (Å²) in [6.07, 6.45) is -0.808. The van der Waals surface area contributed by atoms with Crippen LogP contribution in [0, 0.1) is 6.92 Å². The van der Waals surface area contributed by atoms with Crippen molar-refractivity contribution in [1.82, 2.24) is 0 Å². The Morgan fingerprint density at radius 2 is 1.74 bits per heavy atom. The number of aliphatic hydroxyl groups excluding tert-OH is 1. The Hall–Kier alpha value is -1.22. The fraction of sp³-hybridized carbons (Fsp3) is 0.200. The molecule has 0 saturated carbocycles. The molecular formula is C15H14Cl2O2. The molecular weight excluding hydrogens is 283 g/mol. The average molecular weight is 297 g/mol. The minimum Gasteiger partial charge on any atom is -0.495 e. The van der Waals surface area contributed by atoms with Gasteiger partial charge in [-0.15, -0.1) is 0 Å². The molecule has 0 aliphatic rings. The molecule has 0 aliphatic heterocycles. The summed E-state index contributed by atoms with van der Waals surface area (Å²) in [5.74, 6) is 0.493. The molecule has 1 unspecified atom stereocenters. The highest BCUT2D eigenvalue weighted by Crippen LogP contribution is 2.36. The summed E-state index contributed by atoms with van der Waals surface area (Å²) < 4.78 is 5.09. The molecule has 19 heavy (non-hydrogen) atoms. The van der Waals surface area contributed by atoms with Gasteiger partial charge in [-0.2, -0.15) is 0 Å². The standard InChI is InChI=1S/C15H14Cl2O2/c1-9-5-3-4-6-10(9)15(18)11-7-13(17)14(19-2)8-12(11)16/h3-8,15,18H,1-2H3. The largest absolute Gasteiger partial charge is 0.495 e. The van der Waals surface area contributed by atoms with Gasteiger partial charge in [-0.05, 0) is 24.1 Å². The fourth-order valence-corrected chi connectivity index (χ4v) is 2.48. The van der Waals surface area contributed by atoms with Gasteiger partial charge in [0.05, 0.1) is 17.2 Å². The van der Waals surface area contributed by atoms with E-state index in [0.717, 1.165) is 11.1 Å². The van der Waals surface area contributed by atoms with E-state index in [1.807, 2.05) is 31.2 Å². The van der Waals surface area contributed by atoms with E-state index in [0.29, 0.717) is 21.4 Å². The SMILES string of the molecule is COc1cc(Cl)c(C(O)c2ccccc2C)cc1Cl. The molecule has 0 radical (unpaired) electrons. The molecule has 2 nitrogen and oxygen atoms in total. The lowest BCUT2D eigenvalue weighted by molar-refractivity contribution is 0.219. The van der Waals surface area contributed by atoms with Crippen LogP contribution in [0.5, 0.6) is 5.75 Å². The number of aliphatic hydroxyl groups is 1. The third-order valence-electron chi connectivity index (χ3n) is 3.05. The predicted molar refractivity (Wildman–Crippen MR) is 78.3 cm³/mol. The lowest BCUT2D eigenvalue weighted by Crippen LogP contribution is -2.03. The summed E-state index contributed by atoms with van der Waals surface area (Å²) in [4.78, 5) is 0. The lowest BCUT2D eigenvalue weighted by Gasteiger charge is -2.17. The van der Waals surface area contributed by atoms with Gasteiger partial charge in [-0.3, -0.25) is 0 Å². The van der Waals surface area contributed by atoms with Crippen LogP contribution in [0.1, 0.15) is 22.8 Å². The van der Waals surface area contributed by atoms with E-state index in [2.05, 4.69) is 0 Å². The van der Waals surface area contributed by atoms with Crippen molar-refractivity contribution < 1.29 is 9.84 Å². The van der Waals surface area contributed by atoms with Gasteiger partial charge in [0.25, 0.3) is 0 Å². The smallest absolute Gasteiger partial charge is 0.138 e. The van der Waals surface area contributed by atoms with Gasteiger partial charge >= 0.3 is 0 Å². The van der Waals surface area contributed by atoms with E-state index in [1.54, 1.807) is 12.1 Å². The summed E-state index contributed by atoms with van der Waals surface area (Å²) in [5, 5.41) is 11.3. The number of rotatable bonds is 3. The Bertz CT molecular complexity index is 597. The van der Waals surface area contributed by atoms with Crippen molar-refractivity contribution in [2.45, 2.75) is 13.0 Å². The number of halogens is 2. The number of aryl methyl sites for hydroxylation is 1. The third-order valence-corrected chi connectivity index (χ3v) is 3.67. The van der Waals surface area contributed by atoms with Crippen LogP contribution >= 0.6 is 23.2 Å². The molecule has 0 heterocycles. The molecule has 2 aromatic rings. The van der Waals surface area contributed by atoms with E-state index in [9.17, 15) is 5.11 Å². The number of ether oxygens (including phenoxy) is 1. The summed E-state index contributed by atoms with van der Waals surface area (Å²) in [7, 11) is 1.52. The first-order valence-electron chi connectivity index (χ1n) is 5.81. The van der Waals surface area contributed by atoms with Gasteiger partial charge in [0.15, 0.2) is 0 Å². The predicted octanol–water partition coefficient (Wildman–Crippen LogP) is 4.39. The molecule has 0 saturated heterocycles. The molecule has 0 spiro atoms. The Balaban J connectivity index is 2.48. The van der Waals surface area contributed by atoms with Crippen LogP contribution in [0.15, 0.2) is 36.4 Å². The van der Waals surface area contributed by atoms with Crippen molar-refractivity contribution >= 4 is 23.2 Å². The van der Waals surface area contributed by atoms with Crippen LogP contribution in [-0.4, -0.2) is 12.2 Å². The van der Waals surface area contributed by atoms with Crippen LogP contribution in [0.4, 0.5) is 0 Å². The van der Waals surface area contributed by atoms with Crippen molar-refractivity contribution in [2.75, 3.05) is 7.11 Å². The Morgan fingerprint density at radius 1 is 1.05 bits per heavy atom. The fourth-order valence-electron chi connectivity index (χ4n) is 1.97. The van der Waals surface area contributed by atoms with Crippen molar-refractivity contribution in [2.24, 2.45) is 0 Å². The number of methoxy groups -OCH3 is 1. The molecule has 100 valence electrons. The minimum atomic E-state index is -0.808. The van der Waals surface area contributed by atoms with Gasteiger partial charge in [0.2, 0.25) is 0 Å². The van der Waals surface area contributed by atoms with Crippen molar-refractivity contribution in [1.29, 1.82) is 0 Å². The summed E-state index contributed by atoms with van der Waals surface area (Å²) >= 11 is 12.3. The van der Waals surface area contributed by atoms with E-state index in [4.69, 9.17) is 27.9 Å². The molecule has 2 rings (SSSR count). The average Bonchev–Trinajstić information content (AvgIpc) is 2.40. The third kappa shape index (κ3) is 2.86. The topological polar surface area (TPSA) is 29.5 Å². The van der Waals surface area contributed by atoms with Gasteiger partial charge < -0.3 is 9.84 Å². The molecule has 1 atom stereocenters. The number of hydrogen-bond donors (Lipinski definition) is 1. The Kier molecular flexibility index (Phi) is 4.35. The zero-order valence-corrected chi connectivity index (χ0v) is 12.2. The second-order valence-electron chi connectivity index (χ2n) is 4.27. The van der Waals surface area contributed by atoms with Crippen LogP contribution in [-0.2, 0) is 0 Å². The van der Waals surface area contributed by atoms with Gasteiger partial charge in [-0.1, -0.05) is 47.5 Å². The molecule has 4 heteroatoms. The van der Waals surface area contributed by atoms with Crippen LogP contribution in [0.25, 0.3) is 0 Å². The molecule has 0 bridgehead atoms. The highest BCUT2D eigenvalue weighted by molar-refractivity contribution is 6.34. The molecule has 0 aromatic heterocycles. The second kappa shape index (κ2) is 5.83. The molecule has 2 aromatic carbocycles. The van der Waals surface area contributed by atoms with Crippen LogP contribution < -0.4 is 4.74 Å². The Morgan fingerprint density at radius 3 is 2.37 bits per heavy atom. The van der Waals surface area contributed by atoms with E-state index in [-0.39, 0.29) is 0 Å². The maximum Gasteiger partial charge on any atom is 0.138 e. The second-order valence-corrected chi connectivity index (χ2v) is 5.08. The van der Waals surface area contributed by atoms with Crippen LogP contribution in [0.2, 0.25) is 10.0 Å². The summed E-state index contributed by atoms with van der Waals surface area (Å²) in [6, 6.07) is 10.9. The first-order valence-corrected chi connectivity index (χ1v) is 6.56. The molecule has 1 N–H and O–H groups in total. The van der Waals surface area contributed by atoms with Crippen LogP contribution in [0.3, 0.4) is 0 Å². The van der Waals surface area contributed by atoms with Gasteiger partial charge in [-0.25, -0.2) is 0 Å². The van der Waals surface area contributed by atoms with Gasteiger partial charge in [0, 0.05) is 11.6 Å². The molecule has 0 fully saturated rings. The highest BCUT2D eigenvalue weighted by Gasteiger charge is 2.18.